The second-order valence-corrected chi connectivity index (χ2v) is 7.54. The number of anilines is 1. The SMILES string of the molecule is CCOC(=O)N1CCC(NC(N)=NCCCc2nn(-c3ccccc3)c(N)c2C#N)CC1. The van der Waals surface area contributed by atoms with Gasteiger partial charge in [-0.2, -0.15) is 10.4 Å². The molecule has 1 aliphatic heterocycles. The lowest BCUT2D eigenvalue weighted by molar-refractivity contribution is 0.0963. The first kappa shape index (κ1) is 22.9. The number of amides is 1. The Morgan fingerprint density at radius 2 is 2.06 bits per heavy atom. The fraction of sp³-hybridized carbons (Fsp3) is 0.455. The first-order valence-electron chi connectivity index (χ1n) is 10.8. The monoisotopic (exact) mass is 438 g/mol. The van der Waals surface area contributed by atoms with E-state index in [1.807, 2.05) is 30.3 Å². The van der Waals surface area contributed by atoms with Crippen LogP contribution in [0.2, 0.25) is 0 Å². The zero-order valence-electron chi connectivity index (χ0n) is 18.3. The van der Waals surface area contributed by atoms with Crippen molar-refractivity contribution in [3.05, 3.63) is 41.6 Å². The van der Waals surface area contributed by atoms with Gasteiger partial charge in [0.2, 0.25) is 0 Å². The summed E-state index contributed by atoms with van der Waals surface area (Å²) in [5, 5.41) is 17.2. The predicted octanol–water partition coefficient (Wildman–Crippen LogP) is 1.78. The third kappa shape index (κ3) is 5.69. The third-order valence-electron chi connectivity index (χ3n) is 5.33. The Balaban J connectivity index is 1.48. The van der Waals surface area contributed by atoms with Gasteiger partial charge in [-0.05, 0) is 44.7 Å². The van der Waals surface area contributed by atoms with Gasteiger partial charge in [-0.25, -0.2) is 9.48 Å². The van der Waals surface area contributed by atoms with Crippen LogP contribution in [-0.2, 0) is 11.2 Å². The Morgan fingerprint density at radius 1 is 1.34 bits per heavy atom. The molecular weight excluding hydrogens is 408 g/mol. The van der Waals surface area contributed by atoms with Crippen LogP contribution < -0.4 is 16.8 Å². The van der Waals surface area contributed by atoms with E-state index < -0.39 is 0 Å². The van der Waals surface area contributed by atoms with Crippen LogP contribution in [0.3, 0.4) is 0 Å². The molecule has 3 rings (SSSR count). The molecule has 10 heteroatoms. The summed E-state index contributed by atoms with van der Waals surface area (Å²) in [6.45, 7) is 3.95. The van der Waals surface area contributed by atoms with E-state index in [4.69, 9.17) is 16.2 Å². The summed E-state index contributed by atoms with van der Waals surface area (Å²) in [5.74, 6) is 0.724. The number of nitrogens with one attached hydrogen (secondary N) is 1. The topological polar surface area (TPSA) is 148 Å². The van der Waals surface area contributed by atoms with Gasteiger partial charge >= 0.3 is 6.09 Å². The zero-order chi connectivity index (χ0) is 22.9. The molecule has 1 fully saturated rings. The van der Waals surface area contributed by atoms with Crippen molar-refractivity contribution in [2.75, 3.05) is 32.0 Å². The Kier molecular flexibility index (Phi) is 7.91. The molecule has 0 saturated carbocycles. The second kappa shape index (κ2) is 11.0. The number of nitrogen functional groups attached to an aromatic ring is 1. The van der Waals surface area contributed by atoms with E-state index in [0.717, 1.165) is 18.5 Å². The molecule has 32 heavy (non-hydrogen) atoms. The molecule has 2 heterocycles. The number of carbonyl (C=O) groups excluding carboxylic acids is 1. The number of hydrogen-bond donors (Lipinski definition) is 3. The van der Waals surface area contributed by atoms with Gasteiger partial charge in [-0.1, -0.05) is 18.2 Å². The molecule has 0 unspecified atom stereocenters. The van der Waals surface area contributed by atoms with Gasteiger partial charge in [0, 0.05) is 25.7 Å². The molecule has 0 aliphatic carbocycles. The van der Waals surface area contributed by atoms with Crippen LogP contribution in [0, 0.1) is 11.3 Å². The number of guanidine groups is 1. The molecule has 10 nitrogen and oxygen atoms in total. The molecule has 2 aromatic rings. The molecule has 1 aliphatic rings. The number of likely N-dealkylation sites (tertiary alicyclic amines) is 1. The summed E-state index contributed by atoms with van der Waals surface area (Å²) in [7, 11) is 0. The van der Waals surface area contributed by atoms with Gasteiger partial charge in [0.1, 0.15) is 17.5 Å². The normalized spacial score (nSPS) is 14.8. The molecule has 1 saturated heterocycles. The lowest BCUT2D eigenvalue weighted by Gasteiger charge is -2.31. The first-order valence-corrected chi connectivity index (χ1v) is 10.8. The van der Waals surface area contributed by atoms with Crippen molar-refractivity contribution >= 4 is 17.9 Å². The summed E-state index contributed by atoms with van der Waals surface area (Å²) in [6, 6.07) is 11.8. The van der Waals surface area contributed by atoms with Crippen LogP contribution in [0.5, 0.6) is 0 Å². The molecule has 5 N–H and O–H groups in total. The summed E-state index contributed by atoms with van der Waals surface area (Å²) in [6.07, 6.45) is 2.57. The summed E-state index contributed by atoms with van der Waals surface area (Å²) >= 11 is 0. The number of aliphatic imine (C=N–C) groups is 1. The van der Waals surface area contributed by atoms with Gasteiger partial charge in [-0.3, -0.25) is 4.99 Å². The van der Waals surface area contributed by atoms with E-state index in [9.17, 15) is 10.1 Å². The Labute approximate surface area is 187 Å². The highest BCUT2D eigenvalue weighted by Crippen LogP contribution is 2.21. The molecule has 0 bridgehead atoms. The zero-order valence-corrected chi connectivity index (χ0v) is 18.3. The number of rotatable bonds is 7. The third-order valence-corrected chi connectivity index (χ3v) is 5.33. The highest BCUT2D eigenvalue weighted by atomic mass is 16.6. The molecule has 1 amide bonds. The minimum Gasteiger partial charge on any atom is -0.450 e. The predicted molar refractivity (Wildman–Crippen MR) is 122 cm³/mol. The fourth-order valence-corrected chi connectivity index (χ4v) is 3.66. The lowest BCUT2D eigenvalue weighted by Crippen LogP contribution is -2.48. The van der Waals surface area contributed by atoms with Crippen molar-refractivity contribution in [1.82, 2.24) is 20.0 Å². The number of piperidine rings is 1. The highest BCUT2D eigenvalue weighted by molar-refractivity contribution is 5.78. The minimum atomic E-state index is -0.264. The van der Waals surface area contributed by atoms with Crippen molar-refractivity contribution in [3.8, 4) is 11.8 Å². The number of hydrogen-bond acceptors (Lipinski definition) is 6. The number of aryl methyl sites for hydroxylation is 1. The average Bonchev–Trinajstić information content (AvgIpc) is 3.13. The minimum absolute atomic E-state index is 0.177. The van der Waals surface area contributed by atoms with Crippen LogP contribution in [0.15, 0.2) is 35.3 Å². The van der Waals surface area contributed by atoms with Gasteiger partial charge in [0.15, 0.2) is 5.96 Å². The van der Waals surface area contributed by atoms with Crippen LogP contribution in [-0.4, -0.2) is 59.0 Å². The summed E-state index contributed by atoms with van der Waals surface area (Å²) < 4.78 is 6.63. The summed E-state index contributed by atoms with van der Waals surface area (Å²) in [5.41, 5.74) is 14.0. The van der Waals surface area contributed by atoms with E-state index in [2.05, 4.69) is 21.5 Å². The van der Waals surface area contributed by atoms with E-state index in [0.29, 0.717) is 62.1 Å². The van der Waals surface area contributed by atoms with Crippen LogP contribution in [0.1, 0.15) is 37.4 Å². The van der Waals surface area contributed by atoms with E-state index in [1.54, 1.807) is 16.5 Å². The first-order chi connectivity index (χ1) is 15.5. The quantitative estimate of drug-likeness (QED) is 0.339. The maximum Gasteiger partial charge on any atom is 0.409 e. The fourth-order valence-electron chi connectivity index (χ4n) is 3.66. The van der Waals surface area contributed by atoms with Crippen molar-refractivity contribution in [3.63, 3.8) is 0 Å². The number of nitrogens with two attached hydrogens (primary N) is 2. The number of aromatic nitrogens is 2. The molecule has 0 spiro atoms. The van der Waals surface area contributed by atoms with Crippen molar-refractivity contribution in [2.45, 2.75) is 38.6 Å². The number of ether oxygens (including phenoxy) is 1. The largest absolute Gasteiger partial charge is 0.450 e. The maximum absolute atomic E-state index is 11.8. The average molecular weight is 439 g/mol. The molecule has 0 atom stereocenters. The number of benzene rings is 1. The van der Waals surface area contributed by atoms with Crippen LogP contribution >= 0.6 is 0 Å². The number of nitrogens with zero attached hydrogens (tertiary/aromatic N) is 5. The number of para-hydroxylation sites is 1. The van der Waals surface area contributed by atoms with Gasteiger partial charge in [-0.15, -0.1) is 0 Å². The van der Waals surface area contributed by atoms with Crippen LogP contribution in [0.25, 0.3) is 5.69 Å². The lowest BCUT2D eigenvalue weighted by atomic mass is 10.1. The van der Waals surface area contributed by atoms with Crippen molar-refractivity contribution in [1.29, 1.82) is 5.26 Å². The number of nitriles is 1. The van der Waals surface area contributed by atoms with E-state index in [1.165, 1.54) is 0 Å². The van der Waals surface area contributed by atoms with E-state index in [-0.39, 0.29) is 12.1 Å². The van der Waals surface area contributed by atoms with Gasteiger partial charge in [0.05, 0.1) is 18.0 Å². The molecule has 1 aromatic heterocycles. The Morgan fingerprint density at radius 3 is 2.72 bits per heavy atom. The standard InChI is InChI=1S/C22H30N8O2/c1-2-32-22(31)29-13-10-16(11-14-29)27-21(25)26-12-6-9-19-18(15-23)20(24)30(28-19)17-7-4-3-5-8-17/h3-5,7-8,16H,2,6,9-14,24H2,1H3,(H3,25,26,27). The van der Waals surface area contributed by atoms with Crippen LogP contribution in [0.4, 0.5) is 10.6 Å². The van der Waals surface area contributed by atoms with Crippen molar-refractivity contribution < 1.29 is 9.53 Å². The van der Waals surface area contributed by atoms with E-state index >= 15 is 0 Å². The second-order valence-electron chi connectivity index (χ2n) is 7.54. The Hall–Kier alpha value is -3.74. The smallest absolute Gasteiger partial charge is 0.409 e. The summed E-state index contributed by atoms with van der Waals surface area (Å²) in [4.78, 5) is 17.9. The molecular formula is C22H30N8O2. The molecule has 0 radical (unpaired) electrons. The van der Waals surface area contributed by atoms with Crippen molar-refractivity contribution in [2.24, 2.45) is 10.7 Å². The maximum atomic E-state index is 11.8. The highest BCUT2D eigenvalue weighted by Gasteiger charge is 2.23. The molecule has 170 valence electrons. The Bertz CT molecular complexity index is 972. The molecule has 1 aromatic carbocycles. The van der Waals surface area contributed by atoms with Gasteiger partial charge in [0.25, 0.3) is 0 Å². The number of carbonyl (C=O) groups is 1. The van der Waals surface area contributed by atoms with Gasteiger partial charge < -0.3 is 26.4 Å².